The van der Waals surface area contributed by atoms with Crippen LogP contribution in [0.3, 0.4) is 0 Å². The van der Waals surface area contributed by atoms with E-state index in [1.54, 1.807) is 0 Å². The molecule has 1 N–H and O–H groups in total. The van der Waals surface area contributed by atoms with Gasteiger partial charge in [-0.25, -0.2) is 4.79 Å². The molecule has 0 aromatic carbocycles. The quantitative estimate of drug-likeness (QED) is 0.766. The van der Waals surface area contributed by atoms with Crippen molar-refractivity contribution in [1.82, 2.24) is 9.80 Å². The van der Waals surface area contributed by atoms with E-state index < -0.39 is 12.0 Å². The predicted octanol–water partition coefficient (Wildman–Crippen LogP) is 1.41. The van der Waals surface area contributed by atoms with Crippen LogP contribution in [-0.2, 0) is 19.2 Å². The van der Waals surface area contributed by atoms with Gasteiger partial charge in [-0.1, -0.05) is 25.7 Å². The van der Waals surface area contributed by atoms with E-state index in [-0.39, 0.29) is 48.1 Å². The normalized spacial score (nSPS) is 36.8. The number of nitrogens with zero attached hydrogens (tertiary/aromatic N) is 2. The van der Waals surface area contributed by atoms with Gasteiger partial charge in [0.1, 0.15) is 12.6 Å². The minimum absolute atomic E-state index is 0.0626. The van der Waals surface area contributed by atoms with E-state index in [1.165, 1.54) is 4.90 Å². The van der Waals surface area contributed by atoms with Crippen LogP contribution in [0.2, 0.25) is 0 Å². The van der Waals surface area contributed by atoms with Crippen LogP contribution in [0.15, 0.2) is 0 Å². The second-order valence-corrected chi connectivity index (χ2v) is 8.26. The van der Waals surface area contributed by atoms with Crippen molar-refractivity contribution < 1.29 is 24.3 Å². The molecular formula is C19H26N2O5. The average Bonchev–Trinajstić information content (AvgIpc) is 3.14. The first-order chi connectivity index (χ1) is 12.5. The van der Waals surface area contributed by atoms with Gasteiger partial charge in [0.2, 0.25) is 17.7 Å². The molecule has 2 aliphatic carbocycles. The molecule has 0 bridgehead atoms. The molecular weight excluding hydrogens is 336 g/mol. The number of rotatable bonds is 3. The van der Waals surface area contributed by atoms with E-state index in [0.717, 1.165) is 43.4 Å². The van der Waals surface area contributed by atoms with Crippen LogP contribution in [0.4, 0.5) is 0 Å². The van der Waals surface area contributed by atoms with Crippen molar-refractivity contribution in [1.29, 1.82) is 0 Å². The number of carbonyl (C=O) groups is 4. The zero-order chi connectivity index (χ0) is 18.4. The zero-order valence-electron chi connectivity index (χ0n) is 14.9. The third-order valence-corrected chi connectivity index (χ3v) is 6.89. The summed E-state index contributed by atoms with van der Waals surface area (Å²) in [6.45, 7) is -0.294. The molecule has 4 rings (SSSR count). The van der Waals surface area contributed by atoms with Crippen molar-refractivity contribution in [2.24, 2.45) is 17.8 Å². The fraction of sp³-hybridized carbons (Fsp3) is 0.789. The molecule has 142 valence electrons. The highest BCUT2D eigenvalue weighted by atomic mass is 16.4. The fourth-order valence-electron chi connectivity index (χ4n) is 5.64. The number of aliphatic carboxylic acids is 1. The number of imide groups is 1. The molecule has 4 fully saturated rings. The molecule has 2 saturated carbocycles. The second kappa shape index (κ2) is 6.67. The molecule has 4 aliphatic rings. The Hall–Kier alpha value is -1.92. The largest absolute Gasteiger partial charge is 0.480 e. The van der Waals surface area contributed by atoms with Gasteiger partial charge in [-0.05, 0) is 38.0 Å². The summed E-state index contributed by atoms with van der Waals surface area (Å²) in [6.07, 6.45) is 7.62. The number of hydrogen-bond acceptors (Lipinski definition) is 4. The maximum atomic E-state index is 13.0. The molecule has 7 nitrogen and oxygen atoms in total. The third kappa shape index (κ3) is 2.72. The molecule has 2 saturated heterocycles. The maximum Gasteiger partial charge on any atom is 0.326 e. The molecule has 5 unspecified atom stereocenters. The van der Waals surface area contributed by atoms with Gasteiger partial charge in [0.05, 0.1) is 11.8 Å². The lowest BCUT2D eigenvalue weighted by molar-refractivity contribution is -0.153. The van der Waals surface area contributed by atoms with Gasteiger partial charge in [-0.15, -0.1) is 0 Å². The smallest absolute Gasteiger partial charge is 0.326 e. The summed E-state index contributed by atoms with van der Waals surface area (Å²) >= 11 is 0. The van der Waals surface area contributed by atoms with Crippen molar-refractivity contribution in [3.63, 3.8) is 0 Å². The Kier molecular flexibility index (Phi) is 4.49. The van der Waals surface area contributed by atoms with E-state index in [0.29, 0.717) is 19.3 Å². The van der Waals surface area contributed by atoms with Gasteiger partial charge in [-0.2, -0.15) is 0 Å². The molecule has 0 aromatic rings. The maximum absolute atomic E-state index is 13.0. The molecule has 2 heterocycles. The standard InChI is InChI=1S/C19H26N2O5/c22-16(10-20-17(23)12-6-2-3-7-13(12)18(20)24)21-14-8-4-1-5-11(14)9-15(21)19(25)26/h11-15H,1-10H2,(H,25,26). The van der Waals surface area contributed by atoms with E-state index >= 15 is 0 Å². The van der Waals surface area contributed by atoms with Crippen LogP contribution in [0.1, 0.15) is 57.8 Å². The first kappa shape index (κ1) is 17.5. The summed E-state index contributed by atoms with van der Waals surface area (Å²) in [4.78, 5) is 52.5. The van der Waals surface area contributed by atoms with Crippen molar-refractivity contribution in [2.75, 3.05) is 6.54 Å². The third-order valence-electron chi connectivity index (χ3n) is 6.89. The first-order valence-corrected chi connectivity index (χ1v) is 9.88. The summed E-state index contributed by atoms with van der Waals surface area (Å²) in [7, 11) is 0. The van der Waals surface area contributed by atoms with Crippen LogP contribution < -0.4 is 0 Å². The van der Waals surface area contributed by atoms with E-state index in [1.807, 2.05) is 0 Å². The molecule has 2 aliphatic heterocycles. The summed E-state index contributed by atoms with van der Waals surface area (Å²) in [5.41, 5.74) is 0. The highest BCUT2D eigenvalue weighted by molar-refractivity contribution is 6.07. The number of carbonyl (C=O) groups excluding carboxylic acids is 3. The van der Waals surface area contributed by atoms with Crippen LogP contribution in [0, 0.1) is 17.8 Å². The van der Waals surface area contributed by atoms with Crippen LogP contribution in [-0.4, -0.2) is 57.2 Å². The van der Waals surface area contributed by atoms with Crippen LogP contribution in [0.25, 0.3) is 0 Å². The fourth-order valence-corrected chi connectivity index (χ4v) is 5.64. The Labute approximate surface area is 152 Å². The van der Waals surface area contributed by atoms with Gasteiger partial charge in [0.15, 0.2) is 0 Å². The van der Waals surface area contributed by atoms with Crippen molar-refractivity contribution >= 4 is 23.7 Å². The lowest BCUT2D eigenvalue weighted by Crippen LogP contribution is -2.51. The molecule has 0 spiro atoms. The SMILES string of the molecule is O=C(O)C1CC2CCCCC2N1C(=O)CN1C(=O)C2CCCCC2C1=O. The number of carboxylic acids is 1. The van der Waals surface area contributed by atoms with Crippen LogP contribution in [0.5, 0.6) is 0 Å². The Morgan fingerprint density at radius 2 is 1.50 bits per heavy atom. The van der Waals surface area contributed by atoms with Crippen molar-refractivity contribution in [2.45, 2.75) is 69.9 Å². The van der Waals surface area contributed by atoms with Gasteiger partial charge in [-0.3, -0.25) is 19.3 Å². The Bertz CT molecular complexity index is 624. The van der Waals surface area contributed by atoms with Crippen LogP contribution >= 0.6 is 0 Å². The number of hydrogen-bond donors (Lipinski definition) is 1. The summed E-state index contributed by atoms with van der Waals surface area (Å²) in [5.74, 6) is -2.17. The number of likely N-dealkylation sites (tertiary alicyclic amines) is 2. The van der Waals surface area contributed by atoms with E-state index in [9.17, 15) is 24.3 Å². The Morgan fingerprint density at radius 3 is 2.12 bits per heavy atom. The summed E-state index contributed by atoms with van der Waals surface area (Å²) < 4.78 is 0. The van der Waals surface area contributed by atoms with Gasteiger partial charge < -0.3 is 10.0 Å². The summed E-state index contributed by atoms with van der Waals surface area (Å²) in [5, 5.41) is 9.57. The van der Waals surface area contributed by atoms with Crippen molar-refractivity contribution in [3.8, 4) is 0 Å². The monoisotopic (exact) mass is 362 g/mol. The second-order valence-electron chi connectivity index (χ2n) is 8.26. The first-order valence-electron chi connectivity index (χ1n) is 9.88. The predicted molar refractivity (Wildman–Crippen MR) is 90.8 cm³/mol. The van der Waals surface area contributed by atoms with Gasteiger partial charge >= 0.3 is 5.97 Å². The molecule has 0 aromatic heterocycles. The molecule has 0 radical (unpaired) electrons. The molecule has 7 heteroatoms. The highest BCUT2D eigenvalue weighted by Crippen LogP contribution is 2.41. The lowest BCUT2D eigenvalue weighted by Gasteiger charge is -2.33. The Balaban J connectivity index is 1.52. The minimum Gasteiger partial charge on any atom is -0.480 e. The number of fused-ring (bicyclic) bond motifs is 2. The van der Waals surface area contributed by atoms with Gasteiger partial charge in [0, 0.05) is 6.04 Å². The summed E-state index contributed by atoms with van der Waals surface area (Å²) in [6, 6.07) is -0.891. The van der Waals surface area contributed by atoms with Gasteiger partial charge in [0.25, 0.3) is 0 Å². The lowest BCUT2D eigenvalue weighted by atomic mass is 9.81. The number of amides is 3. The molecule has 26 heavy (non-hydrogen) atoms. The topological polar surface area (TPSA) is 95.0 Å². The molecule has 5 atom stereocenters. The van der Waals surface area contributed by atoms with Crippen molar-refractivity contribution in [3.05, 3.63) is 0 Å². The van der Waals surface area contributed by atoms with E-state index in [2.05, 4.69) is 0 Å². The highest BCUT2D eigenvalue weighted by Gasteiger charge is 2.51. The zero-order valence-corrected chi connectivity index (χ0v) is 14.9. The Morgan fingerprint density at radius 1 is 0.923 bits per heavy atom. The number of carboxylic acid groups (broad SMARTS) is 1. The molecule has 3 amide bonds. The average molecular weight is 362 g/mol. The van der Waals surface area contributed by atoms with E-state index in [4.69, 9.17) is 0 Å². The minimum atomic E-state index is -0.986.